The highest BCUT2D eigenvalue weighted by Crippen LogP contribution is 2.37. The van der Waals surface area contributed by atoms with Crippen LogP contribution in [0.15, 0.2) is 28.5 Å². The van der Waals surface area contributed by atoms with E-state index < -0.39 is 16.1 Å². The summed E-state index contributed by atoms with van der Waals surface area (Å²) in [5, 5.41) is 0. The molecule has 3 unspecified atom stereocenters. The third-order valence-electron chi connectivity index (χ3n) is 8.11. The van der Waals surface area contributed by atoms with Crippen molar-refractivity contribution in [2.75, 3.05) is 45.9 Å². The topological polar surface area (TPSA) is 116 Å². The summed E-state index contributed by atoms with van der Waals surface area (Å²) in [5.41, 5.74) is 0. The summed E-state index contributed by atoms with van der Waals surface area (Å²) in [6.45, 7) is 5.37. The molecule has 2 amide bonds. The van der Waals surface area contributed by atoms with Gasteiger partial charge >= 0.3 is 5.97 Å². The number of amides is 2. The first-order valence-electron chi connectivity index (χ1n) is 14.5. The minimum absolute atomic E-state index is 0.0267. The summed E-state index contributed by atoms with van der Waals surface area (Å²) in [6, 6.07) is 6.00. The van der Waals surface area contributed by atoms with Gasteiger partial charge in [0.2, 0.25) is 11.8 Å². The molecule has 3 fully saturated rings. The van der Waals surface area contributed by atoms with Crippen molar-refractivity contribution in [3.63, 3.8) is 0 Å². The zero-order chi connectivity index (χ0) is 29.9. The van der Waals surface area contributed by atoms with Crippen LogP contribution in [0.2, 0.25) is 4.34 Å². The lowest BCUT2D eigenvalue weighted by Gasteiger charge is -2.37. The molecule has 42 heavy (non-hydrogen) atoms. The molecule has 0 bridgehead atoms. The van der Waals surface area contributed by atoms with Gasteiger partial charge in [0.25, 0.3) is 10.0 Å². The molecule has 0 spiro atoms. The molecule has 0 radical (unpaired) electrons. The van der Waals surface area contributed by atoms with Crippen LogP contribution in [0.4, 0.5) is 0 Å². The van der Waals surface area contributed by atoms with Gasteiger partial charge in [-0.2, -0.15) is 4.72 Å². The Balaban J connectivity index is 1.17. The number of carbonyl (C=O) groups is 3. The van der Waals surface area contributed by atoms with E-state index in [1.807, 2.05) is 17.9 Å². The molecule has 1 N–H and O–H groups in total. The third kappa shape index (κ3) is 7.36. The highest BCUT2D eigenvalue weighted by atomic mass is 35.5. The first-order chi connectivity index (χ1) is 20.1. The molecule has 5 rings (SSSR count). The predicted octanol–water partition coefficient (Wildman–Crippen LogP) is 3.67. The van der Waals surface area contributed by atoms with Crippen molar-refractivity contribution < 1.29 is 27.5 Å². The predicted molar refractivity (Wildman–Crippen MR) is 163 cm³/mol. The van der Waals surface area contributed by atoms with Gasteiger partial charge in [-0.25, -0.2) is 8.42 Å². The van der Waals surface area contributed by atoms with E-state index >= 15 is 0 Å². The summed E-state index contributed by atoms with van der Waals surface area (Å²) in [5.74, 6) is -0.775. The lowest BCUT2D eigenvalue weighted by Crippen LogP contribution is -2.55. The summed E-state index contributed by atoms with van der Waals surface area (Å²) in [6.07, 6.45) is 4.48. The number of nitrogens with one attached hydrogen (secondary N) is 1. The molecular formula is C28H37ClN4O6S3. The van der Waals surface area contributed by atoms with E-state index in [0.717, 1.165) is 53.3 Å². The van der Waals surface area contributed by atoms with E-state index in [2.05, 4.69) is 9.62 Å². The van der Waals surface area contributed by atoms with Crippen LogP contribution in [0, 0.1) is 5.92 Å². The van der Waals surface area contributed by atoms with Crippen LogP contribution in [-0.2, 0) is 29.1 Å². The molecule has 0 aromatic carbocycles. The van der Waals surface area contributed by atoms with Crippen molar-refractivity contribution in [3.05, 3.63) is 28.6 Å². The van der Waals surface area contributed by atoms with Gasteiger partial charge in [-0.05, 0) is 76.3 Å². The molecule has 3 aliphatic rings. The second kappa shape index (κ2) is 13.7. The average molecular weight is 657 g/mol. The molecule has 2 aromatic heterocycles. The number of hydrogen-bond donors (Lipinski definition) is 1. The quantitative estimate of drug-likeness (QED) is 0.388. The third-order valence-corrected chi connectivity index (χ3v) is 12.6. The fraction of sp³-hybridized carbons (Fsp3) is 0.607. The van der Waals surface area contributed by atoms with Gasteiger partial charge in [-0.15, -0.1) is 22.7 Å². The molecule has 2 aromatic rings. The molecular weight excluding hydrogens is 620 g/mol. The number of rotatable bonds is 10. The molecule has 10 nitrogen and oxygen atoms in total. The SMILES string of the molecule is CCOC(=O)C1CCCN(CC2CCCN2C(=O)CN2CCCC(NS(=O)(=O)c3ccc(-c4ccc(Cl)s4)s3)C2=O)C1. The van der Waals surface area contributed by atoms with Crippen molar-refractivity contribution >= 4 is 62.1 Å². The summed E-state index contributed by atoms with van der Waals surface area (Å²) < 4.78 is 34.9. The Morgan fingerprint density at radius 2 is 1.76 bits per heavy atom. The van der Waals surface area contributed by atoms with Crippen LogP contribution >= 0.6 is 34.3 Å². The van der Waals surface area contributed by atoms with Gasteiger partial charge in [0.15, 0.2) is 0 Å². The Morgan fingerprint density at radius 3 is 2.52 bits per heavy atom. The Kier molecular flexibility index (Phi) is 10.3. The molecule has 5 heterocycles. The Morgan fingerprint density at radius 1 is 1.02 bits per heavy atom. The molecule has 3 atom stereocenters. The zero-order valence-electron chi connectivity index (χ0n) is 23.6. The number of halogens is 1. The van der Waals surface area contributed by atoms with Crippen molar-refractivity contribution in [2.24, 2.45) is 5.92 Å². The van der Waals surface area contributed by atoms with Crippen molar-refractivity contribution in [2.45, 2.75) is 61.7 Å². The standard InChI is InChI=1S/C28H37ClN4O6S3/c1-2-39-28(36)19-6-3-13-31(16-19)17-20-7-4-15-33(20)25(34)18-32-14-5-8-21(27(32)35)30-42(37,38)26-12-10-23(41-26)22-9-11-24(29)40-22/h9-12,19-21,30H,2-8,13-18H2,1H3. The van der Waals surface area contributed by atoms with E-state index in [9.17, 15) is 22.8 Å². The average Bonchev–Trinajstić information content (AvgIpc) is 3.72. The van der Waals surface area contributed by atoms with Crippen LogP contribution in [0.5, 0.6) is 0 Å². The zero-order valence-corrected chi connectivity index (χ0v) is 26.8. The second-order valence-corrected chi connectivity index (χ2v) is 15.8. The van der Waals surface area contributed by atoms with Crippen LogP contribution in [-0.4, -0.2) is 98.9 Å². The molecule has 230 valence electrons. The fourth-order valence-electron chi connectivity index (χ4n) is 6.08. The van der Waals surface area contributed by atoms with Gasteiger partial charge in [-0.1, -0.05) is 11.6 Å². The van der Waals surface area contributed by atoms with Crippen molar-refractivity contribution in [1.82, 2.24) is 19.4 Å². The molecule has 0 aliphatic carbocycles. The first-order valence-corrected chi connectivity index (χ1v) is 18.0. The summed E-state index contributed by atoms with van der Waals surface area (Å²) >= 11 is 8.53. The number of likely N-dealkylation sites (tertiary alicyclic amines) is 3. The number of sulfonamides is 1. The summed E-state index contributed by atoms with van der Waals surface area (Å²) in [7, 11) is -3.92. The van der Waals surface area contributed by atoms with E-state index in [0.29, 0.717) is 50.0 Å². The van der Waals surface area contributed by atoms with Gasteiger partial charge < -0.3 is 19.4 Å². The maximum atomic E-state index is 13.4. The molecule has 14 heteroatoms. The van der Waals surface area contributed by atoms with E-state index in [4.69, 9.17) is 16.3 Å². The van der Waals surface area contributed by atoms with Crippen LogP contribution in [0.1, 0.15) is 45.4 Å². The number of hydrogen-bond acceptors (Lipinski definition) is 9. The van der Waals surface area contributed by atoms with Crippen LogP contribution in [0.25, 0.3) is 9.75 Å². The number of esters is 1. The highest BCUT2D eigenvalue weighted by Gasteiger charge is 2.37. The normalized spacial score (nSPS) is 23.9. The Labute approximate surface area is 260 Å². The fourth-order valence-corrected chi connectivity index (χ4v) is 9.76. The monoisotopic (exact) mass is 656 g/mol. The van der Waals surface area contributed by atoms with Crippen LogP contribution < -0.4 is 4.72 Å². The maximum absolute atomic E-state index is 13.4. The minimum atomic E-state index is -3.92. The van der Waals surface area contributed by atoms with E-state index in [1.54, 1.807) is 12.1 Å². The van der Waals surface area contributed by atoms with Crippen molar-refractivity contribution in [3.8, 4) is 9.75 Å². The largest absolute Gasteiger partial charge is 0.466 e. The smallest absolute Gasteiger partial charge is 0.310 e. The number of piperidine rings is 2. The summed E-state index contributed by atoms with van der Waals surface area (Å²) in [4.78, 5) is 46.3. The number of ether oxygens (including phenoxy) is 1. The Hall–Kier alpha value is -2.03. The number of nitrogens with zero attached hydrogens (tertiary/aromatic N) is 3. The van der Waals surface area contributed by atoms with Crippen LogP contribution in [0.3, 0.4) is 0 Å². The second-order valence-electron chi connectivity index (χ2n) is 11.0. The lowest BCUT2D eigenvalue weighted by atomic mass is 9.97. The molecule has 0 saturated carbocycles. The van der Waals surface area contributed by atoms with Gasteiger partial charge in [-0.3, -0.25) is 14.4 Å². The first kappa shape index (κ1) is 31.4. The van der Waals surface area contributed by atoms with Gasteiger partial charge in [0, 0.05) is 42.0 Å². The highest BCUT2D eigenvalue weighted by molar-refractivity contribution is 7.91. The Bertz CT molecular complexity index is 1400. The van der Waals surface area contributed by atoms with E-state index in [1.165, 1.54) is 22.3 Å². The molecule has 3 aliphatic heterocycles. The van der Waals surface area contributed by atoms with E-state index in [-0.39, 0.29) is 40.5 Å². The number of carbonyl (C=O) groups excluding carboxylic acids is 3. The maximum Gasteiger partial charge on any atom is 0.310 e. The van der Waals surface area contributed by atoms with Gasteiger partial charge in [0.05, 0.1) is 23.4 Å². The van der Waals surface area contributed by atoms with Crippen molar-refractivity contribution in [1.29, 1.82) is 0 Å². The lowest BCUT2D eigenvalue weighted by molar-refractivity contribution is -0.150. The minimum Gasteiger partial charge on any atom is -0.466 e. The van der Waals surface area contributed by atoms with Gasteiger partial charge in [0.1, 0.15) is 10.3 Å². The molecule has 3 saturated heterocycles. The number of thiophene rings is 2.